The van der Waals surface area contributed by atoms with Gasteiger partial charge in [0.15, 0.2) is 0 Å². The molecule has 0 fully saturated rings. The monoisotopic (exact) mass is 360 g/mol. The van der Waals surface area contributed by atoms with E-state index in [9.17, 15) is 0 Å². The van der Waals surface area contributed by atoms with Crippen molar-refractivity contribution in [2.45, 2.75) is 78.6 Å². The first-order valence-electron chi connectivity index (χ1n) is 10.9. The van der Waals surface area contributed by atoms with E-state index in [-0.39, 0.29) is 0 Å². The molecule has 0 amide bonds. The topological polar surface area (TPSA) is 0 Å². The molecule has 0 N–H and O–H groups in total. The van der Waals surface area contributed by atoms with Gasteiger partial charge < -0.3 is 0 Å². The zero-order valence-electron chi connectivity index (χ0n) is 17.6. The van der Waals surface area contributed by atoms with Gasteiger partial charge in [-0.25, -0.2) is 0 Å². The summed E-state index contributed by atoms with van der Waals surface area (Å²) in [5, 5.41) is 0. The zero-order valence-corrected chi connectivity index (χ0v) is 17.6. The SMILES string of the molecule is CCCCCCCCc1ccc(C#Cc2ccc(CCC(C)C)cc2)cc1. The average Bonchev–Trinajstić information content (AvgIpc) is 2.69. The van der Waals surface area contributed by atoms with Gasteiger partial charge in [-0.05, 0) is 67.0 Å². The number of hydrogen-bond donors (Lipinski definition) is 0. The van der Waals surface area contributed by atoms with Gasteiger partial charge >= 0.3 is 0 Å². The van der Waals surface area contributed by atoms with E-state index in [0.29, 0.717) is 0 Å². The number of rotatable bonds is 10. The van der Waals surface area contributed by atoms with Crippen LogP contribution in [0, 0.1) is 17.8 Å². The lowest BCUT2D eigenvalue weighted by atomic mass is 10.0. The van der Waals surface area contributed by atoms with Crippen LogP contribution in [0.15, 0.2) is 48.5 Å². The smallest absolute Gasteiger partial charge is 0.0249 e. The molecule has 0 heteroatoms. The second-order valence-corrected chi connectivity index (χ2v) is 8.09. The number of aryl methyl sites for hydroxylation is 2. The van der Waals surface area contributed by atoms with Crippen LogP contribution in [0.5, 0.6) is 0 Å². The van der Waals surface area contributed by atoms with Crippen LogP contribution in [0.1, 0.15) is 88.0 Å². The van der Waals surface area contributed by atoms with Gasteiger partial charge in [-0.2, -0.15) is 0 Å². The molecule has 2 aromatic rings. The van der Waals surface area contributed by atoms with E-state index in [1.807, 2.05) is 0 Å². The fourth-order valence-corrected chi connectivity index (χ4v) is 3.22. The van der Waals surface area contributed by atoms with Crippen molar-refractivity contribution in [1.29, 1.82) is 0 Å². The van der Waals surface area contributed by atoms with Crippen molar-refractivity contribution in [3.05, 3.63) is 70.8 Å². The number of hydrogen-bond acceptors (Lipinski definition) is 0. The van der Waals surface area contributed by atoms with Gasteiger partial charge in [-0.15, -0.1) is 0 Å². The van der Waals surface area contributed by atoms with Crippen molar-refractivity contribution in [1.82, 2.24) is 0 Å². The quantitative estimate of drug-likeness (QED) is 0.302. The Morgan fingerprint density at radius 1 is 0.630 bits per heavy atom. The lowest BCUT2D eigenvalue weighted by molar-refractivity contribution is 0.587. The van der Waals surface area contributed by atoms with Gasteiger partial charge in [0, 0.05) is 11.1 Å². The maximum Gasteiger partial charge on any atom is 0.0249 e. The molecule has 0 bridgehead atoms. The maximum atomic E-state index is 3.30. The molecule has 2 rings (SSSR count). The molecule has 0 radical (unpaired) electrons. The second-order valence-electron chi connectivity index (χ2n) is 8.09. The molecule has 0 aliphatic heterocycles. The summed E-state index contributed by atoms with van der Waals surface area (Å²) in [6, 6.07) is 17.5. The summed E-state index contributed by atoms with van der Waals surface area (Å²) in [6.45, 7) is 6.82. The molecular formula is C27H36. The molecule has 0 spiro atoms. The second kappa shape index (κ2) is 12.4. The number of unbranched alkanes of at least 4 members (excludes halogenated alkanes) is 5. The first-order chi connectivity index (χ1) is 13.2. The summed E-state index contributed by atoms with van der Waals surface area (Å²) in [7, 11) is 0. The van der Waals surface area contributed by atoms with Crippen LogP contribution in [0.3, 0.4) is 0 Å². The third-order valence-electron chi connectivity index (χ3n) is 5.09. The molecule has 0 aromatic heterocycles. The Morgan fingerprint density at radius 3 is 1.63 bits per heavy atom. The predicted molar refractivity (Wildman–Crippen MR) is 119 cm³/mol. The van der Waals surface area contributed by atoms with Gasteiger partial charge in [-0.3, -0.25) is 0 Å². The highest BCUT2D eigenvalue weighted by Crippen LogP contribution is 2.12. The minimum atomic E-state index is 0.758. The highest BCUT2D eigenvalue weighted by Gasteiger charge is 1.97. The summed E-state index contributed by atoms with van der Waals surface area (Å²) in [5.41, 5.74) is 5.05. The Balaban J connectivity index is 1.79. The van der Waals surface area contributed by atoms with Gasteiger partial charge in [0.2, 0.25) is 0 Å². The molecule has 0 aliphatic rings. The highest BCUT2D eigenvalue weighted by atomic mass is 14.0. The molecule has 0 unspecified atom stereocenters. The minimum Gasteiger partial charge on any atom is -0.0654 e. The van der Waals surface area contributed by atoms with Crippen molar-refractivity contribution >= 4 is 0 Å². The van der Waals surface area contributed by atoms with Gasteiger partial charge in [0.05, 0.1) is 0 Å². The Kier molecular flexibility index (Phi) is 9.78. The van der Waals surface area contributed by atoms with E-state index in [1.165, 1.54) is 62.5 Å². The predicted octanol–water partition coefficient (Wildman–Crippen LogP) is 7.58. The van der Waals surface area contributed by atoms with E-state index in [0.717, 1.165) is 23.5 Å². The Bertz CT molecular complexity index is 692. The zero-order chi connectivity index (χ0) is 19.3. The Morgan fingerprint density at radius 2 is 1.11 bits per heavy atom. The molecular weight excluding hydrogens is 324 g/mol. The third-order valence-corrected chi connectivity index (χ3v) is 5.09. The van der Waals surface area contributed by atoms with Gasteiger partial charge in [0.1, 0.15) is 0 Å². The van der Waals surface area contributed by atoms with Crippen molar-refractivity contribution in [2.75, 3.05) is 0 Å². The maximum absolute atomic E-state index is 3.30. The first-order valence-corrected chi connectivity index (χ1v) is 10.9. The molecule has 0 aliphatic carbocycles. The molecule has 2 aromatic carbocycles. The first kappa shape index (κ1) is 21.3. The molecule has 0 atom stereocenters. The molecule has 27 heavy (non-hydrogen) atoms. The summed E-state index contributed by atoms with van der Waals surface area (Å²) in [5.74, 6) is 7.35. The summed E-state index contributed by atoms with van der Waals surface area (Å²) < 4.78 is 0. The van der Waals surface area contributed by atoms with Crippen LogP contribution >= 0.6 is 0 Å². The largest absolute Gasteiger partial charge is 0.0654 e. The van der Waals surface area contributed by atoms with Crippen molar-refractivity contribution in [3.8, 4) is 11.8 Å². The van der Waals surface area contributed by atoms with E-state index < -0.39 is 0 Å². The standard InChI is InChI=1S/C27H36/c1-4-5-6-7-8-9-10-24-13-15-26(16-14-24)21-22-27-19-17-25(18-20-27)12-11-23(2)3/h13-20,23H,4-12H2,1-3H3. The fraction of sp³-hybridized carbons (Fsp3) is 0.481. The molecule has 144 valence electrons. The lowest BCUT2D eigenvalue weighted by Gasteiger charge is -2.04. The summed E-state index contributed by atoms with van der Waals surface area (Å²) in [4.78, 5) is 0. The molecule has 0 nitrogen and oxygen atoms in total. The molecule has 0 saturated carbocycles. The van der Waals surface area contributed by atoms with Crippen molar-refractivity contribution < 1.29 is 0 Å². The summed E-state index contributed by atoms with van der Waals surface area (Å²) >= 11 is 0. The van der Waals surface area contributed by atoms with E-state index in [2.05, 4.69) is 81.1 Å². The Labute approximate surface area is 167 Å². The van der Waals surface area contributed by atoms with Crippen LogP contribution in [0.25, 0.3) is 0 Å². The fourth-order valence-electron chi connectivity index (χ4n) is 3.22. The van der Waals surface area contributed by atoms with Crippen LogP contribution in [-0.4, -0.2) is 0 Å². The highest BCUT2D eigenvalue weighted by molar-refractivity contribution is 5.44. The van der Waals surface area contributed by atoms with Crippen molar-refractivity contribution in [3.63, 3.8) is 0 Å². The van der Waals surface area contributed by atoms with Crippen LogP contribution in [0.4, 0.5) is 0 Å². The van der Waals surface area contributed by atoms with Crippen LogP contribution in [0.2, 0.25) is 0 Å². The minimum absolute atomic E-state index is 0.758. The third kappa shape index (κ3) is 8.96. The molecule has 0 heterocycles. The van der Waals surface area contributed by atoms with E-state index >= 15 is 0 Å². The van der Waals surface area contributed by atoms with Gasteiger partial charge in [-0.1, -0.05) is 89.0 Å². The van der Waals surface area contributed by atoms with Crippen LogP contribution < -0.4 is 0 Å². The van der Waals surface area contributed by atoms with E-state index in [4.69, 9.17) is 0 Å². The molecule has 0 saturated heterocycles. The Hall–Kier alpha value is -2.00. The summed E-state index contributed by atoms with van der Waals surface area (Å²) in [6.07, 6.45) is 11.7. The van der Waals surface area contributed by atoms with E-state index in [1.54, 1.807) is 0 Å². The average molecular weight is 361 g/mol. The number of benzene rings is 2. The normalized spacial score (nSPS) is 10.7. The van der Waals surface area contributed by atoms with Crippen molar-refractivity contribution in [2.24, 2.45) is 5.92 Å². The van der Waals surface area contributed by atoms with Crippen LogP contribution in [-0.2, 0) is 12.8 Å². The lowest BCUT2D eigenvalue weighted by Crippen LogP contribution is -1.91. The van der Waals surface area contributed by atoms with Gasteiger partial charge in [0.25, 0.3) is 0 Å².